The SMILES string of the molecule is N=C(N)NCCCC[C@H](N)CN(CC(=O)O)C(=O)Cn1ccc(=O)[nH]c1=S. The van der Waals surface area contributed by atoms with Gasteiger partial charge in [0.1, 0.15) is 13.1 Å². The third-order valence-electron chi connectivity index (χ3n) is 3.65. The van der Waals surface area contributed by atoms with Gasteiger partial charge in [0.25, 0.3) is 5.56 Å². The van der Waals surface area contributed by atoms with E-state index in [1.165, 1.54) is 16.8 Å². The van der Waals surface area contributed by atoms with Gasteiger partial charge in [-0.1, -0.05) is 6.42 Å². The molecule has 27 heavy (non-hydrogen) atoms. The zero-order chi connectivity index (χ0) is 20.4. The number of rotatable bonds is 11. The Morgan fingerprint density at radius 1 is 1.44 bits per heavy atom. The molecule has 8 N–H and O–H groups in total. The minimum absolute atomic E-state index is 0.0772. The van der Waals surface area contributed by atoms with Crippen molar-refractivity contribution in [1.29, 1.82) is 5.41 Å². The Hall–Kier alpha value is -2.73. The van der Waals surface area contributed by atoms with Gasteiger partial charge in [-0.3, -0.25) is 24.8 Å². The highest BCUT2D eigenvalue weighted by Gasteiger charge is 2.20. The first-order valence-electron chi connectivity index (χ1n) is 8.32. The number of hydrogen-bond acceptors (Lipinski definition) is 6. The molecular weight excluding hydrogens is 374 g/mol. The number of H-pyrrole nitrogens is 1. The molecule has 0 saturated heterocycles. The Labute approximate surface area is 160 Å². The number of aromatic amines is 1. The number of carboxylic acid groups (broad SMARTS) is 1. The standard InChI is InChI=1S/C15H25N7O4S/c16-10(3-1-2-5-19-14(17)18)7-22(9-13(25)26)12(24)8-21-6-4-11(23)20-15(21)27/h4,6,10H,1-3,5,7-9,16H2,(H,25,26)(H4,17,18,19)(H,20,23,27)/t10-/m0/s1. The van der Waals surface area contributed by atoms with E-state index in [1.807, 2.05) is 0 Å². The molecular formula is C15H25N7O4S. The summed E-state index contributed by atoms with van der Waals surface area (Å²) >= 11 is 4.99. The Morgan fingerprint density at radius 3 is 2.74 bits per heavy atom. The number of carbonyl (C=O) groups is 2. The van der Waals surface area contributed by atoms with Gasteiger partial charge in [0.15, 0.2) is 10.7 Å². The molecule has 0 bridgehead atoms. The molecule has 0 saturated carbocycles. The molecule has 0 aliphatic heterocycles. The number of nitrogens with zero attached hydrogens (tertiary/aromatic N) is 2. The zero-order valence-corrected chi connectivity index (χ0v) is 15.6. The van der Waals surface area contributed by atoms with E-state index in [0.717, 1.165) is 17.7 Å². The molecule has 0 radical (unpaired) electrons. The fraction of sp³-hybridized carbons (Fsp3) is 0.533. The Morgan fingerprint density at radius 2 is 2.15 bits per heavy atom. The molecule has 0 unspecified atom stereocenters. The molecule has 0 aliphatic rings. The van der Waals surface area contributed by atoms with Gasteiger partial charge in [0, 0.05) is 31.4 Å². The number of aliphatic carboxylic acids is 1. The lowest BCUT2D eigenvalue weighted by Gasteiger charge is -2.25. The van der Waals surface area contributed by atoms with Gasteiger partial charge in [0.05, 0.1) is 0 Å². The summed E-state index contributed by atoms with van der Waals surface area (Å²) in [6.45, 7) is -0.0422. The van der Waals surface area contributed by atoms with Gasteiger partial charge in [-0.15, -0.1) is 0 Å². The number of unbranched alkanes of at least 4 members (excludes halogenated alkanes) is 1. The van der Waals surface area contributed by atoms with Crippen molar-refractivity contribution < 1.29 is 14.7 Å². The summed E-state index contributed by atoms with van der Waals surface area (Å²) in [4.78, 5) is 38.3. The molecule has 1 atom stereocenters. The summed E-state index contributed by atoms with van der Waals surface area (Å²) < 4.78 is 1.43. The van der Waals surface area contributed by atoms with Gasteiger partial charge in [-0.25, -0.2) is 0 Å². The van der Waals surface area contributed by atoms with Crippen LogP contribution in [0.1, 0.15) is 19.3 Å². The molecule has 1 rings (SSSR count). The zero-order valence-electron chi connectivity index (χ0n) is 14.8. The Bertz CT molecular complexity index is 776. The minimum atomic E-state index is -1.15. The largest absolute Gasteiger partial charge is 0.480 e. The molecule has 0 aliphatic carbocycles. The first-order chi connectivity index (χ1) is 12.7. The molecule has 150 valence electrons. The van der Waals surface area contributed by atoms with Crippen molar-refractivity contribution in [3.05, 3.63) is 27.4 Å². The van der Waals surface area contributed by atoms with Crippen LogP contribution >= 0.6 is 12.2 Å². The summed E-state index contributed by atoms with van der Waals surface area (Å²) in [7, 11) is 0. The predicted octanol–water partition coefficient (Wildman–Crippen LogP) is -1.20. The minimum Gasteiger partial charge on any atom is -0.480 e. The lowest BCUT2D eigenvalue weighted by Crippen LogP contribution is -2.45. The molecule has 1 amide bonds. The van der Waals surface area contributed by atoms with E-state index in [4.69, 9.17) is 34.2 Å². The predicted molar refractivity (Wildman–Crippen MR) is 102 cm³/mol. The lowest BCUT2D eigenvalue weighted by atomic mass is 10.1. The smallest absolute Gasteiger partial charge is 0.323 e. The monoisotopic (exact) mass is 399 g/mol. The second-order valence-corrected chi connectivity index (χ2v) is 6.39. The van der Waals surface area contributed by atoms with Gasteiger partial charge >= 0.3 is 5.97 Å². The topological polar surface area (TPSA) is 183 Å². The molecule has 0 fully saturated rings. The Kier molecular flexibility index (Phi) is 9.16. The van der Waals surface area contributed by atoms with Gasteiger partial charge in [-0.2, -0.15) is 0 Å². The van der Waals surface area contributed by atoms with Crippen LogP contribution in [0.15, 0.2) is 17.1 Å². The van der Waals surface area contributed by atoms with Crippen molar-refractivity contribution in [3.63, 3.8) is 0 Å². The number of carbonyl (C=O) groups excluding carboxylic acids is 1. The number of hydrogen-bond donors (Lipinski definition) is 6. The van der Waals surface area contributed by atoms with E-state index in [9.17, 15) is 14.4 Å². The van der Waals surface area contributed by atoms with Crippen molar-refractivity contribution in [1.82, 2.24) is 19.8 Å². The first kappa shape index (κ1) is 22.3. The average Bonchev–Trinajstić information content (AvgIpc) is 2.55. The molecule has 1 heterocycles. The third-order valence-corrected chi connectivity index (χ3v) is 3.99. The normalized spacial score (nSPS) is 11.6. The average molecular weight is 399 g/mol. The second-order valence-electron chi connectivity index (χ2n) is 6.00. The number of nitrogens with one attached hydrogen (secondary N) is 3. The van der Waals surface area contributed by atoms with E-state index >= 15 is 0 Å². The highest BCUT2D eigenvalue weighted by atomic mass is 32.1. The van der Waals surface area contributed by atoms with Crippen LogP contribution in [-0.2, 0) is 16.1 Å². The number of aromatic nitrogens is 2. The van der Waals surface area contributed by atoms with Crippen LogP contribution in [-0.4, -0.2) is 63.1 Å². The summed E-state index contributed by atoms with van der Waals surface area (Å²) in [5, 5.41) is 18.8. The van der Waals surface area contributed by atoms with E-state index in [1.54, 1.807) is 0 Å². The maximum atomic E-state index is 12.5. The fourth-order valence-electron chi connectivity index (χ4n) is 2.36. The molecule has 1 aromatic rings. The van der Waals surface area contributed by atoms with Gasteiger partial charge in [0.2, 0.25) is 5.91 Å². The van der Waals surface area contributed by atoms with Crippen LogP contribution in [0.5, 0.6) is 0 Å². The molecule has 0 aromatic carbocycles. The van der Waals surface area contributed by atoms with Crippen LogP contribution in [0.25, 0.3) is 0 Å². The first-order valence-corrected chi connectivity index (χ1v) is 8.72. The van der Waals surface area contributed by atoms with E-state index in [2.05, 4.69) is 10.3 Å². The van der Waals surface area contributed by atoms with Crippen LogP contribution < -0.4 is 22.3 Å². The van der Waals surface area contributed by atoms with Crippen molar-refractivity contribution in [2.24, 2.45) is 11.5 Å². The number of guanidine groups is 1. The maximum Gasteiger partial charge on any atom is 0.323 e. The number of nitrogens with two attached hydrogens (primary N) is 2. The molecule has 11 nitrogen and oxygen atoms in total. The summed E-state index contributed by atoms with van der Waals surface area (Å²) in [5.41, 5.74) is 10.8. The van der Waals surface area contributed by atoms with E-state index in [-0.39, 0.29) is 29.4 Å². The number of amides is 1. The highest BCUT2D eigenvalue weighted by molar-refractivity contribution is 7.71. The van der Waals surface area contributed by atoms with Crippen LogP contribution in [0.2, 0.25) is 0 Å². The van der Waals surface area contributed by atoms with Gasteiger partial charge in [-0.05, 0) is 25.1 Å². The molecule has 0 spiro atoms. The van der Waals surface area contributed by atoms with Crippen molar-refractivity contribution in [2.75, 3.05) is 19.6 Å². The lowest BCUT2D eigenvalue weighted by molar-refractivity contribution is -0.144. The summed E-state index contributed by atoms with van der Waals surface area (Å²) in [5.74, 6) is -1.71. The van der Waals surface area contributed by atoms with Crippen LogP contribution in [0.4, 0.5) is 0 Å². The summed E-state index contributed by atoms with van der Waals surface area (Å²) in [6.07, 6.45) is 3.44. The van der Waals surface area contributed by atoms with Crippen LogP contribution in [0, 0.1) is 10.2 Å². The van der Waals surface area contributed by atoms with E-state index < -0.39 is 24.5 Å². The Balaban J connectivity index is 2.61. The number of carboxylic acids is 1. The fourth-order valence-corrected chi connectivity index (χ4v) is 2.59. The summed E-state index contributed by atoms with van der Waals surface area (Å²) in [6, 6.07) is 0.833. The maximum absolute atomic E-state index is 12.5. The van der Waals surface area contributed by atoms with Crippen molar-refractivity contribution in [3.8, 4) is 0 Å². The van der Waals surface area contributed by atoms with Gasteiger partial charge < -0.3 is 31.4 Å². The second kappa shape index (κ2) is 11.1. The van der Waals surface area contributed by atoms with E-state index in [0.29, 0.717) is 13.0 Å². The highest BCUT2D eigenvalue weighted by Crippen LogP contribution is 2.03. The van der Waals surface area contributed by atoms with Crippen molar-refractivity contribution in [2.45, 2.75) is 31.8 Å². The molecule has 12 heteroatoms. The third kappa shape index (κ3) is 8.96. The van der Waals surface area contributed by atoms with Crippen molar-refractivity contribution >= 4 is 30.1 Å². The quantitative estimate of drug-likeness (QED) is 0.116. The van der Waals surface area contributed by atoms with Crippen LogP contribution in [0.3, 0.4) is 0 Å². The molecule has 1 aromatic heterocycles.